The lowest BCUT2D eigenvalue weighted by molar-refractivity contribution is 0.0474. The number of phenols is 2. The van der Waals surface area contributed by atoms with Gasteiger partial charge in [0.2, 0.25) is 0 Å². The summed E-state index contributed by atoms with van der Waals surface area (Å²) < 4.78 is 4.93. The van der Waals surface area contributed by atoms with E-state index in [2.05, 4.69) is 0 Å². The SMILES string of the molecule is Cc1ccc(C(=O)COC(=O)c2ccc(O)c(O)c2)cc1C. The van der Waals surface area contributed by atoms with Crippen LogP contribution in [0.3, 0.4) is 0 Å². The highest BCUT2D eigenvalue weighted by Crippen LogP contribution is 2.25. The maximum absolute atomic E-state index is 12.0. The number of carbonyl (C=O) groups excluding carboxylic acids is 2. The number of hydrogen-bond donors (Lipinski definition) is 2. The molecule has 5 heteroatoms. The van der Waals surface area contributed by atoms with E-state index in [1.165, 1.54) is 12.1 Å². The number of aromatic hydroxyl groups is 2. The summed E-state index contributed by atoms with van der Waals surface area (Å²) in [4.78, 5) is 23.8. The van der Waals surface area contributed by atoms with Gasteiger partial charge in [0.15, 0.2) is 23.9 Å². The standard InChI is InChI=1S/C17H16O5/c1-10-3-4-12(7-11(10)2)16(20)9-22-17(21)13-5-6-14(18)15(19)8-13/h3-8,18-19H,9H2,1-2H3. The van der Waals surface area contributed by atoms with Gasteiger partial charge in [-0.3, -0.25) is 4.79 Å². The van der Waals surface area contributed by atoms with E-state index in [1.54, 1.807) is 12.1 Å². The Kier molecular flexibility index (Phi) is 4.46. The molecule has 0 amide bonds. The van der Waals surface area contributed by atoms with Crippen molar-refractivity contribution in [2.45, 2.75) is 13.8 Å². The lowest BCUT2D eigenvalue weighted by Crippen LogP contribution is -2.14. The van der Waals surface area contributed by atoms with E-state index in [0.717, 1.165) is 17.2 Å². The number of hydrogen-bond acceptors (Lipinski definition) is 5. The van der Waals surface area contributed by atoms with Crippen molar-refractivity contribution in [1.82, 2.24) is 0 Å². The third-order valence-electron chi connectivity index (χ3n) is 3.37. The van der Waals surface area contributed by atoms with Crippen LogP contribution in [0.1, 0.15) is 31.8 Å². The minimum atomic E-state index is -0.743. The molecule has 0 saturated heterocycles. The number of benzene rings is 2. The van der Waals surface area contributed by atoms with Gasteiger partial charge in [0.1, 0.15) is 0 Å². The average Bonchev–Trinajstić information content (AvgIpc) is 2.50. The third kappa shape index (κ3) is 3.44. The second kappa shape index (κ2) is 6.30. The molecular weight excluding hydrogens is 284 g/mol. The van der Waals surface area contributed by atoms with Crippen LogP contribution in [0.5, 0.6) is 11.5 Å². The maximum atomic E-state index is 12.0. The largest absolute Gasteiger partial charge is 0.504 e. The van der Waals surface area contributed by atoms with Crippen LogP contribution in [0.25, 0.3) is 0 Å². The highest BCUT2D eigenvalue weighted by molar-refractivity contribution is 5.99. The van der Waals surface area contributed by atoms with Gasteiger partial charge in [-0.1, -0.05) is 12.1 Å². The predicted molar refractivity (Wildman–Crippen MR) is 80.3 cm³/mol. The normalized spacial score (nSPS) is 10.3. The monoisotopic (exact) mass is 300 g/mol. The maximum Gasteiger partial charge on any atom is 0.338 e. The van der Waals surface area contributed by atoms with Gasteiger partial charge in [0.05, 0.1) is 5.56 Å². The molecular formula is C17H16O5. The summed E-state index contributed by atoms with van der Waals surface area (Å²) in [5.41, 5.74) is 2.60. The number of esters is 1. The van der Waals surface area contributed by atoms with Gasteiger partial charge in [-0.2, -0.15) is 0 Å². The fourth-order valence-corrected chi connectivity index (χ4v) is 1.86. The molecule has 0 aliphatic carbocycles. The number of ether oxygens (including phenoxy) is 1. The van der Waals surface area contributed by atoms with E-state index in [-0.39, 0.29) is 23.7 Å². The van der Waals surface area contributed by atoms with Crippen LogP contribution in [0.2, 0.25) is 0 Å². The minimum absolute atomic E-state index is 0.0585. The molecule has 0 heterocycles. The van der Waals surface area contributed by atoms with Gasteiger partial charge in [0, 0.05) is 5.56 Å². The second-order valence-electron chi connectivity index (χ2n) is 5.00. The molecule has 2 N–H and O–H groups in total. The summed E-state index contributed by atoms with van der Waals surface area (Å²) >= 11 is 0. The van der Waals surface area contributed by atoms with Gasteiger partial charge in [-0.05, 0) is 49.2 Å². The molecule has 0 atom stereocenters. The lowest BCUT2D eigenvalue weighted by atomic mass is 10.0. The molecule has 0 aliphatic heterocycles. The molecule has 2 rings (SSSR count). The fourth-order valence-electron chi connectivity index (χ4n) is 1.86. The first-order valence-corrected chi connectivity index (χ1v) is 6.68. The Labute approximate surface area is 127 Å². The highest BCUT2D eigenvalue weighted by atomic mass is 16.5. The molecule has 0 saturated carbocycles. The van der Waals surface area contributed by atoms with Crippen molar-refractivity contribution in [1.29, 1.82) is 0 Å². The summed E-state index contributed by atoms with van der Waals surface area (Å²) in [6.45, 7) is 3.46. The summed E-state index contributed by atoms with van der Waals surface area (Å²) in [5.74, 6) is -1.80. The van der Waals surface area contributed by atoms with Crippen LogP contribution >= 0.6 is 0 Å². The Morgan fingerprint density at radius 3 is 2.23 bits per heavy atom. The molecule has 5 nitrogen and oxygen atoms in total. The predicted octanol–water partition coefficient (Wildman–Crippen LogP) is 2.75. The molecule has 0 aromatic heterocycles. The zero-order chi connectivity index (χ0) is 16.3. The zero-order valence-corrected chi connectivity index (χ0v) is 12.3. The molecule has 22 heavy (non-hydrogen) atoms. The molecule has 2 aromatic rings. The number of aryl methyl sites for hydroxylation is 2. The van der Waals surface area contributed by atoms with Crippen molar-refractivity contribution in [3.63, 3.8) is 0 Å². The second-order valence-corrected chi connectivity index (χ2v) is 5.00. The molecule has 0 aliphatic rings. The van der Waals surface area contributed by atoms with E-state index < -0.39 is 11.7 Å². The summed E-state index contributed by atoms with van der Waals surface area (Å²) in [7, 11) is 0. The summed E-state index contributed by atoms with van der Waals surface area (Å²) in [6.07, 6.45) is 0. The van der Waals surface area contributed by atoms with E-state index in [9.17, 15) is 19.8 Å². The van der Waals surface area contributed by atoms with Gasteiger partial charge in [-0.15, -0.1) is 0 Å². The van der Waals surface area contributed by atoms with Gasteiger partial charge < -0.3 is 14.9 Å². The van der Waals surface area contributed by atoms with Crippen LogP contribution in [0.15, 0.2) is 36.4 Å². The first kappa shape index (κ1) is 15.6. The summed E-state index contributed by atoms with van der Waals surface area (Å²) in [5, 5.41) is 18.5. The van der Waals surface area contributed by atoms with Gasteiger partial charge in [-0.25, -0.2) is 4.79 Å². The van der Waals surface area contributed by atoms with Crippen LogP contribution in [-0.4, -0.2) is 28.6 Å². The number of rotatable bonds is 4. The Bertz CT molecular complexity index is 670. The van der Waals surface area contributed by atoms with Crippen LogP contribution in [0.4, 0.5) is 0 Å². The van der Waals surface area contributed by atoms with Crippen molar-refractivity contribution in [2.24, 2.45) is 0 Å². The molecule has 2 aromatic carbocycles. The molecule has 0 radical (unpaired) electrons. The number of phenolic OH excluding ortho intramolecular Hbond substituents is 2. The smallest absolute Gasteiger partial charge is 0.338 e. The Hall–Kier alpha value is -2.82. The molecule has 114 valence electrons. The van der Waals surface area contributed by atoms with Crippen LogP contribution in [-0.2, 0) is 4.74 Å². The van der Waals surface area contributed by atoms with Crippen molar-refractivity contribution in [2.75, 3.05) is 6.61 Å². The fraction of sp³-hybridized carbons (Fsp3) is 0.176. The first-order chi connectivity index (χ1) is 10.4. The van der Waals surface area contributed by atoms with Gasteiger partial charge >= 0.3 is 5.97 Å². The Morgan fingerprint density at radius 2 is 1.59 bits per heavy atom. The van der Waals surface area contributed by atoms with E-state index in [0.29, 0.717) is 5.56 Å². The number of Topliss-reactive ketones (excluding diaryl/α,β-unsaturated/α-hetero) is 1. The van der Waals surface area contributed by atoms with E-state index in [1.807, 2.05) is 19.9 Å². The van der Waals surface area contributed by atoms with Crippen molar-refractivity contribution in [3.8, 4) is 11.5 Å². The zero-order valence-electron chi connectivity index (χ0n) is 12.3. The molecule has 0 bridgehead atoms. The van der Waals surface area contributed by atoms with Crippen molar-refractivity contribution >= 4 is 11.8 Å². The summed E-state index contributed by atoms with van der Waals surface area (Å²) in [6, 6.07) is 8.83. The first-order valence-electron chi connectivity index (χ1n) is 6.68. The topological polar surface area (TPSA) is 83.8 Å². The average molecular weight is 300 g/mol. The molecule has 0 spiro atoms. The van der Waals surface area contributed by atoms with Crippen LogP contribution in [0, 0.1) is 13.8 Å². The number of carbonyl (C=O) groups is 2. The van der Waals surface area contributed by atoms with Crippen LogP contribution < -0.4 is 0 Å². The Morgan fingerprint density at radius 1 is 0.909 bits per heavy atom. The lowest BCUT2D eigenvalue weighted by Gasteiger charge is -2.07. The molecule has 0 fully saturated rings. The third-order valence-corrected chi connectivity index (χ3v) is 3.37. The van der Waals surface area contributed by atoms with Crippen molar-refractivity contribution < 1.29 is 24.5 Å². The quantitative estimate of drug-likeness (QED) is 0.515. The number of ketones is 1. The molecule has 0 unspecified atom stereocenters. The van der Waals surface area contributed by atoms with E-state index in [4.69, 9.17) is 4.74 Å². The Balaban J connectivity index is 2.02. The van der Waals surface area contributed by atoms with Gasteiger partial charge in [0.25, 0.3) is 0 Å². The van der Waals surface area contributed by atoms with E-state index >= 15 is 0 Å². The van der Waals surface area contributed by atoms with Crippen molar-refractivity contribution in [3.05, 3.63) is 58.7 Å². The minimum Gasteiger partial charge on any atom is -0.504 e. The highest BCUT2D eigenvalue weighted by Gasteiger charge is 2.14.